The highest BCUT2D eigenvalue weighted by Crippen LogP contribution is 2.26. The van der Waals surface area contributed by atoms with Crippen LogP contribution in [0, 0.1) is 26.6 Å². The molecule has 0 heterocycles. The average molecular weight is 419 g/mol. The van der Waals surface area contributed by atoms with Crippen LogP contribution >= 0.6 is 0 Å². The lowest BCUT2D eigenvalue weighted by Crippen LogP contribution is -2.38. The van der Waals surface area contributed by atoms with Crippen molar-refractivity contribution in [3.8, 4) is 0 Å². The minimum atomic E-state index is -0.501. The predicted molar refractivity (Wildman–Crippen MR) is 125 cm³/mol. The number of carbonyl (C=O) groups is 1. The number of rotatable bonds is 8. The molecule has 4 heteroatoms. The van der Waals surface area contributed by atoms with Gasteiger partial charge in [0.25, 0.3) is 0 Å². The summed E-state index contributed by atoms with van der Waals surface area (Å²) in [7, 11) is 1.65. The van der Waals surface area contributed by atoms with Gasteiger partial charge in [-0.15, -0.1) is 0 Å². The summed E-state index contributed by atoms with van der Waals surface area (Å²) in [6.45, 7) is 5.87. The quantitative estimate of drug-likeness (QED) is 0.507. The first-order valence-corrected chi connectivity index (χ1v) is 10.7. The van der Waals surface area contributed by atoms with E-state index in [0.29, 0.717) is 5.56 Å². The highest BCUT2D eigenvalue weighted by molar-refractivity contribution is 5.83. The lowest BCUT2D eigenvalue weighted by molar-refractivity contribution is -0.123. The molecular weight excluding hydrogens is 387 g/mol. The van der Waals surface area contributed by atoms with E-state index in [0.717, 1.165) is 29.5 Å². The summed E-state index contributed by atoms with van der Waals surface area (Å²) in [6.07, 6.45) is 1.64. The van der Waals surface area contributed by atoms with Gasteiger partial charge >= 0.3 is 0 Å². The highest BCUT2D eigenvalue weighted by Gasteiger charge is 2.24. The lowest BCUT2D eigenvalue weighted by Gasteiger charge is -2.26. The van der Waals surface area contributed by atoms with Crippen LogP contribution in [0.5, 0.6) is 0 Å². The molecule has 162 valence electrons. The van der Waals surface area contributed by atoms with Crippen molar-refractivity contribution in [2.24, 2.45) is 0 Å². The van der Waals surface area contributed by atoms with Gasteiger partial charge < -0.3 is 5.32 Å². The smallest absolute Gasteiger partial charge is 0.241 e. The van der Waals surface area contributed by atoms with E-state index in [9.17, 15) is 9.18 Å². The maximum absolute atomic E-state index is 13.9. The van der Waals surface area contributed by atoms with Gasteiger partial charge in [0.05, 0.1) is 0 Å². The molecule has 0 unspecified atom stereocenters. The van der Waals surface area contributed by atoms with E-state index in [-0.39, 0.29) is 17.8 Å². The Labute approximate surface area is 184 Å². The monoisotopic (exact) mass is 418 g/mol. The maximum Gasteiger partial charge on any atom is 0.241 e. The molecule has 0 bridgehead atoms. The van der Waals surface area contributed by atoms with Gasteiger partial charge in [0.15, 0.2) is 0 Å². The molecule has 0 saturated carbocycles. The second-order valence-electron chi connectivity index (χ2n) is 8.21. The SMILES string of the molecule is CNC(=O)[C@H](N[C@H](CCc1ccc(C)cc1)c1ccc(F)c(C)c1)c1ccc(C)cc1. The van der Waals surface area contributed by atoms with Crippen LogP contribution in [0.2, 0.25) is 0 Å². The Hall–Kier alpha value is -2.98. The van der Waals surface area contributed by atoms with Crippen molar-refractivity contribution < 1.29 is 9.18 Å². The van der Waals surface area contributed by atoms with Crippen LogP contribution in [-0.2, 0) is 11.2 Å². The van der Waals surface area contributed by atoms with E-state index in [1.165, 1.54) is 17.2 Å². The van der Waals surface area contributed by atoms with Gasteiger partial charge in [0.2, 0.25) is 5.91 Å². The first-order valence-electron chi connectivity index (χ1n) is 10.7. The van der Waals surface area contributed by atoms with Gasteiger partial charge in [-0.1, -0.05) is 71.8 Å². The van der Waals surface area contributed by atoms with E-state index < -0.39 is 6.04 Å². The van der Waals surface area contributed by atoms with Crippen molar-refractivity contribution in [3.05, 3.63) is 106 Å². The van der Waals surface area contributed by atoms with Gasteiger partial charge in [-0.3, -0.25) is 10.1 Å². The zero-order valence-electron chi connectivity index (χ0n) is 18.7. The number of aryl methyl sites for hydroxylation is 4. The summed E-state index contributed by atoms with van der Waals surface area (Å²) >= 11 is 0. The summed E-state index contributed by atoms with van der Waals surface area (Å²) in [4.78, 5) is 12.8. The van der Waals surface area contributed by atoms with Gasteiger partial charge in [-0.2, -0.15) is 0 Å². The lowest BCUT2D eigenvalue weighted by atomic mass is 9.95. The number of hydrogen-bond donors (Lipinski definition) is 2. The molecule has 3 aromatic rings. The van der Waals surface area contributed by atoms with Crippen molar-refractivity contribution in [2.75, 3.05) is 7.05 Å². The van der Waals surface area contributed by atoms with E-state index >= 15 is 0 Å². The van der Waals surface area contributed by atoms with Gasteiger partial charge in [0.1, 0.15) is 11.9 Å². The third-order valence-electron chi connectivity index (χ3n) is 5.71. The number of likely N-dealkylation sites (N-methyl/N-ethyl adjacent to an activating group) is 1. The molecule has 0 aliphatic heterocycles. The zero-order valence-corrected chi connectivity index (χ0v) is 18.7. The molecule has 0 fully saturated rings. The molecule has 2 N–H and O–H groups in total. The van der Waals surface area contributed by atoms with Crippen molar-refractivity contribution in [3.63, 3.8) is 0 Å². The minimum Gasteiger partial charge on any atom is -0.358 e. The molecule has 0 aromatic heterocycles. The molecule has 0 aliphatic rings. The Balaban J connectivity index is 1.90. The molecule has 3 nitrogen and oxygen atoms in total. The van der Waals surface area contributed by atoms with Crippen molar-refractivity contribution in [1.82, 2.24) is 10.6 Å². The largest absolute Gasteiger partial charge is 0.358 e. The number of halogens is 1. The first kappa shape index (κ1) is 22.7. The van der Waals surface area contributed by atoms with Crippen molar-refractivity contribution in [2.45, 2.75) is 45.7 Å². The first-order chi connectivity index (χ1) is 14.9. The van der Waals surface area contributed by atoms with Crippen LogP contribution in [0.1, 0.15) is 51.9 Å². The summed E-state index contributed by atoms with van der Waals surface area (Å²) in [5, 5.41) is 6.32. The predicted octanol–water partition coefficient (Wildman–Crippen LogP) is 5.50. The Bertz CT molecular complexity index is 1010. The van der Waals surface area contributed by atoms with Crippen LogP contribution in [0.25, 0.3) is 0 Å². The number of benzene rings is 3. The molecule has 0 saturated heterocycles. The Morgan fingerprint density at radius 1 is 0.871 bits per heavy atom. The molecule has 0 spiro atoms. The Morgan fingerprint density at radius 2 is 1.45 bits per heavy atom. The van der Waals surface area contributed by atoms with Crippen LogP contribution in [0.15, 0.2) is 66.7 Å². The van der Waals surface area contributed by atoms with Crippen LogP contribution in [0.3, 0.4) is 0 Å². The summed E-state index contributed by atoms with van der Waals surface area (Å²) in [5.74, 6) is -0.314. The standard InChI is InChI=1S/C27H31FN2O/c1-18-5-9-21(10-6-18)11-16-25(23-14-15-24(28)20(3)17-23)30-26(27(31)29-4)22-12-7-19(2)8-13-22/h5-10,12-15,17,25-26,30H,11,16H2,1-4H3,(H,29,31)/t25-,26-/m1/s1. The van der Waals surface area contributed by atoms with E-state index in [1.807, 2.05) is 43.3 Å². The summed E-state index contributed by atoms with van der Waals surface area (Å²) in [5.41, 5.74) is 6.10. The second kappa shape index (κ2) is 10.4. The van der Waals surface area contributed by atoms with E-state index in [2.05, 4.69) is 41.8 Å². The zero-order chi connectivity index (χ0) is 22.4. The fourth-order valence-electron chi connectivity index (χ4n) is 3.72. The molecule has 1 amide bonds. The minimum absolute atomic E-state index is 0.0944. The topological polar surface area (TPSA) is 41.1 Å². The molecule has 0 aliphatic carbocycles. The van der Waals surface area contributed by atoms with E-state index in [4.69, 9.17) is 0 Å². The molecule has 2 atom stereocenters. The fourth-order valence-corrected chi connectivity index (χ4v) is 3.72. The second-order valence-corrected chi connectivity index (χ2v) is 8.21. The van der Waals surface area contributed by atoms with Crippen molar-refractivity contribution in [1.29, 1.82) is 0 Å². The summed E-state index contributed by atoms with van der Waals surface area (Å²) < 4.78 is 13.9. The molecule has 3 aromatic carbocycles. The normalized spacial score (nSPS) is 12.9. The number of hydrogen-bond acceptors (Lipinski definition) is 2. The molecule has 0 radical (unpaired) electrons. The summed E-state index contributed by atoms with van der Waals surface area (Å²) in [6, 6.07) is 21.1. The van der Waals surface area contributed by atoms with Crippen LogP contribution < -0.4 is 10.6 Å². The molecular formula is C27H31FN2O. The van der Waals surface area contributed by atoms with Crippen LogP contribution in [0.4, 0.5) is 4.39 Å². The number of amides is 1. The Morgan fingerprint density at radius 3 is 2.03 bits per heavy atom. The van der Waals surface area contributed by atoms with Crippen molar-refractivity contribution >= 4 is 5.91 Å². The van der Waals surface area contributed by atoms with E-state index in [1.54, 1.807) is 14.0 Å². The van der Waals surface area contributed by atoms with Gasteiger partial charge in [-0.05, 0) is 61.9 Å². The van der Waals surface area contributed by atoms with Gasteiger partial charge in [0, 0.05) is 13.1 Å². The highest BCUT2D eigenvalue weighted by atomic mass is 19.1. The molecule has 3 rings (SSSR count). The third-order valence-corrected chi connectivity index (χ3v) is 5.71. The number of carbonyl (C=O) groups excluding carboxylic acids is 1. The Kier molecular flexibility index (Phi) is 7.59. The average Bonchev–Trinajstić information content (AvgIpc) is 2.77. The maximum atomic E-state index is 13.9. The fraction of sp³-hybridized carbons (Fsp3) is 0.296. The third kappa shape index (κ3) is 6.02. The molecule has 31 heavy (non-hydrogen) atoms. The number of nitrogens with one attached hydrogen (secondary N) is 2. The van der Waals surface area contributed by atoms with Crippen LogP contribution in [-0.4, -0.2) is 13.0 Å². The van der Waals surface area contributed by atoms with Gasteiger partial charge in [-0.25, -0.2) is 4.39 Å².